The van der Waals surface area contributed by atoms with Gasteiger partial charge in [-0.2, -0.15) is 0 Å². The topological polar surface area (TPSA) is 26.3 Å². The second kappa shape index (κ2) is 3.77. The number of allylic oxidation sites excluding steroid dienone is 2. The van der Waals surface area contributed by atoms with E-state index in [1.54, 1.807) is 0 Å². The zero-order valence-corrected chi connectivity index (χ0v) is 8.30. The smallest absolute Gasteiger partial charge is 0.309 e. The van der Waals surface area contributed by atoms with Crippen LogP contribution in [0.1, 0.15) is 19.8 Å². The summed E-state index contributed by atoms with van der Waals surface area (Å²) in [5, 5.41) is 0. The summed E-state index contributed by atoms with van der Waals surface area (Å²) in [5.74, 6) is 0.179. The van der Waals surface area contributed by atoms with E-state index in [4.69, 9.17) is 4.74 Å². The molecule has 72 valence electrons. The van der Waals surface area contributed by atoms with Gasteiger partial charge in [0.25, 0.3) is 0 Å². The molecule has 1 aliphatic rings. The van der Waals surface area contributed by atoms with E-state index >= 15 is 0 Å². The summed E-state index contributed by atoms with van der Waals surface area (Å²) < 4.78 is 4.70. The van der Waals surface area contributed by atoms with Crippen molar-refractivity contribution >= 4 is 5.97 Å². The van der Waals surface area contributed by atoms with Crippen LogP contribution in [-0.4, -0.2) is 13.1 Å². The van der Waals surface area contributed by atoms with Crippen molar-refractivity contribution in [3.63, 3.8) is 0 Å². The highest BCUT2D eigenvalue weighted by Crippen LogP contribution is 2.42. The molecule has 0 saturated heterocycles. The largest absolute Gasteiger partial charge is 0.469 e. The van der Waals surface area contributed by atoms with Crippen molar-refractivity contribution in [2.24, 2.45) is 11.8 Å². The second-order valence-corrected chi connectivity index (χ2v) is 3.76. The summed E-state index contributed by atoms with van der Waals surface area (Å²) in [5.41, 5.74) is 2.25. The Morgan fingerprint density at radius 3 is 2.69 bits per heavy atom. The zero-order chi connectivity index (χ0) is 10.0. The Morgan fingerprint density at radius 2 is 2.31 bits per heavy atom. The molecule has 0 heterocycles. The van der Waals surface area contributed by atoms with Crippen molar-refractivity contribution in [3.8, 4) is 0 Å². The number of carbonyl (C=O) groups is 1. The van der Waals surface area contributed by atoms with Crippen LogP contribution in [0.5, 0.6) is 0 Å². The third-order valence-corrected chi connectivity index (χ3v) is 2.56. The van der Waals surface area contributed by atoms with E-state index in [0.29, 0.717) is 0 Å². The molecular weight excluding hydrogens is 164 g/mol. The Labute approximate surface area is 79.3 Å². The average molecular weight is 180 g/mol. The van der Waals surface area contributed by atoms with Gasteiger partial charge in [0.1, 0.15) is 0 Å². The molecule has 2 atom stereocenters. The third-order valence-electron chi connectivity index (χ3n) is 2.56. The minimum atomic E-state index is -0.112. The summed E-state index contributed by atoms with van der Waals surface area (Å²) in [6.45, 7) is 9.72. The molecule has 0 N–H and O–H groups in total. The molecular formula is C11H16O2. The lowest BCUT2D eigenvalue weighted by atomic mass is 9.67. The highest BCUT2D eigenvalue weighted by molar-refractivity contribution is 5.75. The molecule has 1 fully saturated rings. The van der Waals surface area contributed by atoms with Gasteiger partial charge in [0.15, 0.2) is 0 Å². The number of hydrogen-bond acceptors (Lipinski definition) is 2. The van der Waals surface area contributed by atoms with E-state index in [2.05, 4.69) is 13.2 Å². The van der Waals surface area contributed by atoms with Gasteiger partial charge in [-0.25, -0.2) is 0 Å². The minimum Gasteiger partial charge on any atom is -0.469 e. The number of ether oxygens (including phenoxy) is 1. The second-order valence-electron chi connectivity index (χ2n) is 3.76. The maximum Gasteiger partial charge on any atom is 0.309 e. The van der Waals surface area contributed by atoms with Crippen LogP contribution in [0.2, 0.25) is 0 Å². The van der Waals surface area contributed by atoms with Gasteiger partial charge < -0.3 is 4.74 Å². The van der Waals surface area contributed by atoms with E-state index in [1.165, 1.54) is 7.11 Å². The molecule has 0 unspecified atom stereocenters. The van der Waals surface area contributed by atoms with Crippen LogP contribution in [0.3, 0.4) is 0 Å². The lowest BCUT2D eigenvalue weighted by molar-refractivity contribution is -0.149. The van der Waals surface area contributed by atoms with Crippen molar-refractivity contribution < 1.29 is 9.53 Å². The number of rotatable bonds is 3. The van der Waals surface area contributed by atoms with Gasteiger partial charge >= 0.3 is 5.97 Å². The molecule has 1 rings (SSSR count). The standard InChI is InChI=1S/C11H16O2/c1-7(2)5-9-8(3)6-10(9)11(12)13-4/h9-10H,1,3,5-6H2,2,4H3/t9-,10+/m0/s1. The number of carbonyl (C=O) groups excluding carboxylic acids is 1. The zero-order valence-electron chi connectivity index (χ0n) is 8.30. The molecule has 0 aromatic heterocycles. The maximum absolute atomic E-state index is 11.2. The first-order valence-corrected chi connectivity index (χ1v) is 4.46. The van der Waals surface area contributed by atoms with Crippen molar-refractivity contribution in [3.05, 3.63) is 24.3 Å². The van der Waals surface area contributed by atoms with Gasteiger partial charge in [-0.05, 0) is 25.7 Å². The van der Waals surface area contributed by atoms with Crippen LogP contribution in [0.25, 0.3) is 0 Å². The predicted octanol–water partition coefficient (Wildman–Crippen LogP) is 2.32. The summed E-state index contributed by atoms with van der Waals surface area (Å²) in [4.78, 5) is 11.2. The molecule has 0 bridgehead atoms. The van der Waals surface area contributed by atoms with Crippen LogP contribution in [-0.2, 0) is 9.53 Å². The van der Waals surface area contributed by atoms with Crippen molar-refractivity contribution in [2.75, 3.05) is 7.11 Å². The van der Waals surface area contributed by atoms with E-state index in [1.807, 2.05) is 6.92 Å². The summed E-state index contributed by atoms with van der Waals surface area (Å²) in [6.07, 6.45) is 1.64. The molecule has 13 heavy (non-hydrogen) atoms. The Bertz CT molecular complexity index is 253. The van der Waals surface area contributed by atoms with Gasteiger partial charge in [0, 0.05) is 0 Å². The van der Waals surface area contributed by atoms with Crippen molar-refractivity contribution in [1.29, 1.82) is 0 Å². The van der Waals surface area contributed by atoms with Gasteiger partial charge in [-0.15, -0.1) is 6.58 Å². The van der Waals surface area contributed by atoms with Crippen LogP contribution in [0, 0.1) is 11.8 Å². The average Bonchev–Trinajstić information content (AvgIpc) is 2.09. The summed E-state index contributed by atoms with van der Waals surface area (Å²) in [7, 11) is 1.43. The maximum atomic E-state index is 11.2. The molecule has 0 amide bonds. The lowest BCUT2D eigenvalue weighted by Gasteiger charge is -2.37. The number of hydrogen-bond donors (Lipinski definition) is 0. The summed E-state index contributed by atoms with van der Waals surface area (Å²) in [6, 6.07) is 0. The highest BCUT2D eigenvalue weighted by Gasteiger charge is 2.40. The molecule has 1 aliphatic carbocycles. The Morgan fingerprint density at radius 1 is 1.69 bits per heavy atom. The van der Waals surface area contributed by atoms with Crippen LogP contribution >= 0.6 is 0 Å². The van der Waals surface area contributed by atoms with Crippen LogP contribution in [0.15, 0.2) is 24.3 Å². The fourth-order valence-electron chi connectivity index (χ4n) is 1.76. The third kappa shape index (κ3) is 2.00. The normalized spacial score (nSPS) is 26.5. The van der Waals surface area contributed by atoms with Crippen LogP contribution < -0.4 is 0 Å². The van der Waals surface area contributed by atoms with Crippen molar-refractivity contribution in [1.82, 2.24) is 0 Å². The first-order valence-electron chi connectivity index (χ1n) is 4.46. The van der Waals surface area contributed by atoms with Crippen LogP contribution in [0.4, 0.5) is 0 Å². The van der Waals surface area contributed by atoms with Crippen molar-refractivity contribution in [2.45, 2.75) is 19.8 Å². The van der Waals surface area contributed by atoms with E-state index in [9.17, 15) is 4.79 Å². The van der Waals surface area contributed by atoms with E-state index in [-0.39, 0.29) is 17.8 Å². The number of esters is 1. The molecule has 0 aromatic carbocycles. The quantitative estimate of drug-likeness (QED) is 0.492. The van der Waals surface area contributed by atoms with Gasteiger partial charge in [-0.3, -0.25) is 4.79 Å². The molecule has 0 radical (unpaired) electrons. The molecule has 0 aromatic rings. The molecule has 2 nitrogen and oxygen atoms in total. The van der Waals surface area contributed by atoms with Gasteiger partial charge in [0.05, 0.1) is 13.0 Å². The predicted molar refractivity (Wildman–Crippen MR) is 52.2 cm³/mol. The fourth-order valence-corrected chi connectivity index (χ4v) is 1.76. The monoisotopic (exact) mass is 180 g/mol. The fraction of sp³-hybridized carbons (Fsp3) is 0.545. The van der Waals surface area contributed by atoms with E-state index < -0.39 is 0 Å². The molecule has 0 aliphatic heterocycles. The number of methoxy groups -OCH3 is 1. The first-order chi connectivity index (χ1) is 6.06. The van der Waals surface area contributed by atoms with E-state index in [0.717, 1.165) is 24.0 Å². The SMILES string of the molecule is C=C(C)C[C@H]1C(=C)C[C@H]1C(=O)OC. The Balaban J connectivity index is 2.56. The first kappa shape index (κ1) is 10.0. The summed E-state index contributed by atoms with van der Waals surface area (Å²) >= 11 is 0. The highest BCUT2D eigenvalue weighted by atomic mass is 16.5. The van der Waals surface area contributed by atoms with Gasteiger partial charge in [-0.1, -0.05) is 17.7 Å². The molecule has 2 heteroatoms. The Kier molecular flexibility index (Phi) is 2.91. The molecule has 0 spiro atoms. The van der Waals surface area contributed by atoms with Gasteiger partial charge in [0.2, 0.25) is 0 Å². The molecule has 1 saturated carbocycles. The lowest BCUT2D eigenvalue weighted by Crippen LogP contribution is -2.35. The minimum absolute atomic E-state index is 0.0224. The Hall–Kier alpha value is -1.05.